The molecule has 92 valence electrons. The molecule has 1 aromatic rings. The van der Waals surface area contributed by atoms with Crippen molar-refractivity contribution in [2.24, 2.45) is 0 Å². The van der Waals surface area contributed by atoms with Crippen molar-refractivity contribution >= 4 is 0 Å². The molecule has 0 radical (unpaired) electrons. The number of benzene rings is 1. The van der Waals surface area contributed by atoms with E-state index in [2.05, 4.69) is 29.6 Å². The molecule has 1 saturated carbocycles. The largest absolute Gasteiger partial charge is 0.497 e. The summed E-state index contributed by atoms with van der Waals surface area (Å²) in [6.45, 7) is 1.11. The molecule has 0 unspecified atom stereocenters. The highest BCUT2D eigenvalue weighted by atomic mass is 16.5. The molecule has 1 fully saturated rings. The Morgan fingerprint density at radius 2 is 2.24 bits per heavy atom. The van der Waals surface area contributed by atoms with Gasteiger partial charge in [-0.2, -0.15) is 0 Å². The van der Waals surface area contributed by atoms with E-state index >= 15 is 0 Å². The van der Waals surface area contributed by atoms with Crippen LogP contribution in [0.4, 0.5) is 0 Å². The summed E-state index contributed by atoms with van der Waals surface area (Å²) in [6, 6.07) is 9.06. The molecule has 2 rings (SSSR count). The predicted octanol–water partition coefficient (Wildman–Crippen LogP) is 2.94. The van der Waals surface area contributed by atoms with Gasteiger partial charge in [-0.1, -0.05) is 24.3 Å². The van der Waals surface area contributed by atoms with Gasteiger partial charge in [0.05, 0.1) is 7.11 Å². The van der Waals surface area contributed by atoms with E-state index in [1.165, 1.54) is 18.4 Å². The summed E-state index contributed by atoms with van der Waals surface area (Å²) in [5.41, 5.74) is 1.30. The fourth-order valence-corrected chi connectivity index (χ4v) is 1.79. The fraction of sp³-hybridized carbons (Fsp3) is 0.467. The number of hydrogen-bond acceptors (Lipinski definition) is 2. The van der Waals surface area contributed by atoms with Crippen molar-refractivity contribution in [3.63, 3.8) is 0 Å². The Kier molecular flexibility index (Phi) is 4.63. The first-order valence-electron chi connectivity index (χ1n) is 6.40. The molecule has 2 heteroatoms. The molecule has 0 saturated heterocycles. The summed E-state index contributed by atoms with van der Waals surface area (Å²) in [5.74, 6) is 0.936. The van der Waals surface area contributed by atoms with Crippen molar-refractivity contribution in [1.29, 1.82) is 0 Å². The lowest BCUT2D eigenvalue weighted by atomic mass is 10.1. The molecule has 0 aromatic heterocycles. The molecular formula is C15H21NO. The second kappa shape index (κ2) is 6.45. The third-order valence-corrected chi connectivity index (χ3v) is 2.98. The molecule has 2 nitrogen and oxygen atoms in total. The molecule has 1 aliphatic rings. The number of nitrogens with one attached hydrogen (secondary N) is 1. The van der Waals surface area contributed by atoms with Gasteiger partial charge in [0.25, 0.3) is 0 Å². The molecule has 0 atom stereocenters. The van der Waals surface area contributed by atoms with Crippen LogP contribution >= 0.6 is 0 Å². The molecule has 0 aliphatic heterocycles. The Morgan fingerprint density at radius 3 is 3.00 bits per heavy atom. The van der Waals surface area contributed by atoms with Gasteiger partial charge in [0.2, 0.25) is 0 Å². The van der Waals surface area contributed by atoms with Gasteiger partial charge in [0.15, 0.2) is 0 Å². The number of methoxy groups -OCH3 is 1. The lowest BCUT2D eigenvalue weighted by Crippen LogP contribution is -2.16. The van der Waals surface area contributed by atoms with Gasteiger partial charge in [0.1, 0.15) is 5.75 Å². The van der Waals surface area contributed by atoms with E-state index in [9.17, 15) is 0 Å². The van der Waals surface area contributed by atoms with Crippen LogP contribution in [0.15, 0.2) is 36.4 Å². The number of hydrogen-bond donors (Lipinski definition) is 1. The number of allylic oxidation sites excluding steroid dienone is 1. The highest BCUT2D eigenvalue weighted by Gasteiger charge is 2.19. The molecule has 1 aromatic carbocycles. The van der Waals surface area contributed by atoms with Gasteiger partial charge in [-0.25, -0.2) is 0 Å². The van der Waals surface area contributed by atoms with Crippen LogP contribution in [0.5, 0.6) is 5.75 Å². The first kappa shape index (κ1) is 12.2. The van der Waals surface area contributed by atoms with Gasteiger partial charge in [-0.15, -0.1) is 0 Å². The van der Waals surface area contributed by atoms with Gasteiger partial charge >= 0.3 is 0 Å². The predicted molar refractivity (Wildman–Crippen MR) is 71.5 cm³/mol. The molecule has 1 aliphatic carbocycles. The van der Waals surface area contributed by atoms with Crippen LogP contribution in [0.3, 0.4) is 0 Å². The third kappa shape index (κ3) is 4.61. The van der Waals surface area contributed by atoms with Crippen LogP contribution in [-0.2, 0) is 6.42 Å². The van der Waals surface area contributed by atoms with E-state index in [0.29, 0.717) is 0 Å². The maximum atomic E-state index is 5.20. The number of ether oxygens (including phenoxy) is 1. The summed E-state index contributed by atoms with van der Waals surface area (Å²) in [4.78, 5) is 0. The monoisotopic (exact) mass is 231 g/mol. The van der Waals surface area contributed by atoms with Crippen LogP contribution < -0.4 is 10.1 Å². The summed E-state index contributed by atoms with van der Waals surface area (Å²) < 4.78 is 5.20. The van der Waals surface area contributed by atoms with E-state index < -0.39 is 0 Å². The van der Waals surface area contributed by atoms with Gasteiger partial charge < -0.3 is 10.1 Å². The third-order valence-electron chi connectivity index (χ3n) is 2.98. The molecule has 0 spiro atoms. The minimum absolute atomic E-state index is 0.821. The van der Waals surface area contributed by atoms with Gasteiger partial charge in [-0.3, -0.25) is 0 Å². The van der Waals surface area contributed by atoms with E-state index in [1.807, 2.05) is 12.1 Å². The van der Waals surface area contributed by atoms with Gasteiger partial charge in [0, 0.05) is 6.04 Å². The van der Waals surface area contributed by atoms with E-state index in [1.54, 1.807) is 7.11 Å². The average Bonchev–Trinajstić information content (AvgIpc) is 3.18. The maximum Gasteiger partial charge on any atom is 0.119 e. The van der Waals surface area contributed by atoms with Crippen LogP contribution in [0.25, 0.3) is 0 Å². The quantitative estimate of drug-likeness (QED) is 0.575. The molecule has 1 N–H and O–H groups in total. The van der Waals surface area contributed by atoms with E-state index in [-0.39, 0.29) is 0 Å². The van der Waals surface area contributed by atoms with Crippen LogP contribution in [0.2, 0.25) is 0 Å². The topological polar surface area (TPSA) is 21.3 Å². The van der Waals surface area contributed by atoms with Crippen molar-refractivity contribution in [3.8, 4) is 5.75 Å². The van der Waals surface area contributed by atoms with Crippen molar-refractivity contribution in [3.05, 3.63) is 42.0 Å². The van der Waals surface area contributed by atoms with Crippen LogP contribution in [-0.4, -0.2) is 19.7 Å². The average molecular weight is 231 g/mol. The molecule has 17 heavy (non-hydrogen) atoms. The maximum absolute atomic E-state index is 5.20. The minimum atomic E-state index is 0.821. The fourth-order valence-electron chi connectivity index (χ4n) is 1.79. The Bertz CT molecular complexity index is 369. The zero-order valence-electron chi connectivity index (χ0n) is 10.5. The lowest BCUT2D eigenvalue weighted by molar-refractivity contribution is 0.414. The Morgan fingerprint density at radius 1 is 1.35 bits per heavy atom. The smallest absolute Gasteiger partial charge is 0.119 e. The van der Waals surface area contributed by atoms with Gasteiger partial charge in [-0.05, 0) is 49.9 Å². The lowest BCUT2D eigenvalue weighted by Gasteiger charge is -2.01. The van der Waals surface area contributed by atoms with E-state index in [4.69, 9.17) is 4.74 Å². The molecule has 0 heterocycles. The number of rotatable bonds is 7. The van der Waals surface area contributed by atoms with Crippen molar-refractivity contribution in [2.45, 2.75) is 31.7 Å². The second-order valence-electron chi connectivity index (χ2n) is 4.54. The van der Waals surface area contributed by atoms with Crippen molar-refractivity contribution < 1.29 is 4.74 Å². The highest BCUT2D eigenvalue weighted by molar-refractivity contribution is 5.29. The summed E-state index contributed by atoms with van der Waals surface area (Å²) in [6.07, 6.45) is 9.35. The van der Waals surface area contributed by atoms with Crippen LogP contribution in [0.1, 0.15) is 24.8 Å². The summed E-state index contributed by atoms with van der Waals surface area (Å²) >= 11 is 0. The molecule has 0 amide bonds. The minimum Gasteiger partial charge on any atom is -0.497 e. The Balaban J connectivity index is 1.66. The summed E-state index contributed by atoms with van der Waals surface area (Å²) in [7, 11) is 1.71. The zero-order valence-corrected chi connectivity index (χ0v) is 10.5. The normalized spacial score (nSPS) is 15.4. The molecular weight excluding hydrogens is 210 g/mol. The standard InChI is InChI=1S/C15H21NO/c1-17-15-8-5-7-13(12-15)6-3-2-4-11-16-14-9-10-14/h2-3,5,7-8,12,14,16H,4,6,9-11H2,1H3. The Labute approximate surface area is 104 Å². The zero-order chi connectivity index (χ0) is 11.9. The second-order valence-corrected chi connectivity index (χ2v) is 4.54. The van der Waals surface area contributed by atoms with Crippen LogP contribution in [0, 0.1) is 0 Å². The SMILES string of the molecule is COc1cccc(CC=CCCNC2CC2)c1. The van der Waals surface area contributed by atoms with Crippen molar-refractivity contribution in [1.82, 2.24) is 5.32 Å². The highest BCUT2D eigenvalue weighted by Crippen LogP contribution is 2.18. The van der Waals surface area contributed by atoms with Crippen molar-refractivity contribution in [2.75, 3.05) is 13.7 Å². The first-order valence-corrected chi connectivity index (χ1v) is 6.40. The molecule has 0 bridgehead atoms. The summed E-state index contributed by atoms with van der Waals surface area (Å²) in [5, 5.41) is 3.50. The first-order chi connectivity index (χ1) is 8.38. The Hall–Kier alpha value is -1.28. The van der Waals surface area contributed by atoms with E-state index in [0.717, 1.165) is 31.2 Å².